The summed E-state index contributed by atoms with van der Waals surface area (Å²) in [5, 5.41) is 0. The average molecular weight is 323 g/mol. The van der Waals surface area contributed by atoms with Crippen LogP contribution >= 0.6 is 15.9 Å². The van der Waals surface area contributed by atoms with E-state index in [9.17, 15) is 4.79 Å². The van der Waals surface area contributed by atoms with E-state index in [0.29, 0.717) is 12.3 Å². The Balaban J connectivity index is 1.74. The highest BCUT2D eigenvalue weighted by Crippen LogP contribution is 2.33. The average Bonchev–Trinajstić information content (AvgIpc) is 2.96. The smallest absolute Gasteiger partial charge is 0.227 e. The molecule has 0 spiro atoms. The summed E-state index contributed by atoms with van der Waals surface area (Å²) in [6.45, 7) is 0.812. The first-order chi connectivity index (χ1) is 9.15. The molecule has 19 heavy (non-hydrogen) atoms. The summed E-state index contributed by atoms with van der Waals surface area (Å²) < 4.78 is 1.03. The fourth-order valence-electron chi connectivity index (χ4n) is 3.26. The number of hydrogen-bond acceptors (Lipinski definition) is 2. The van der Waals surface area contributed by atoms with Crippen LogP contribution in [-0.4, -0.2) is 18.5 Å². The number of halogens is 1. The highest BCUT2D eigenvalue weighted by atomic mass is 79.9. The summed E-state index contributed by atoms with van der Waals surface area (Å²) in [7, 11) is 0. The fraction of sp³-hybridized carbons (Fsp3) is 0.533. The number of carbonyl (C=O) groups is 1. The molecule has 1 amide bonds. The molecule has 1 aliphatic carbocycles. The van der Waals surface area contributed by atoms with E-state index in [1.165, 1.54) is 12.0 Å². The minimum atomic E-state index is 0.216. The second-order valence-corrected chi connectivity index (χ2v) is 6.54. The molecule has 1 saturated carbocycles. The van der Waals surface area contributed by atoms with Crippen LogP contribution in [0.5, 0.6) is 0 Å². The maximum Gasteiger partial charge on any atom is 0.227 e. The SMILES string of the molecule is N[C@@H]1CCC[C@H]1CC(=O)N1CCc2ccc(Br)cc21. The van der Waals surface area contributed by atoms with E-state index in [4.69, 9.17) is 5.73 Å². The van der Waals surface area contributed by atoms with Crippen LogP contribution in [0.15, 0.2) is 22.7 Å². The molecule has 2 atom stereocenters. The van der Waals surface area contributed by atoms with Gasteiger partial charge in [-0.25, -0.2) is 0 Å². The van der Waals surface area contributed by atoms with Crippen LogP contribution in [0.25, 0.3) is 0 Å². The fourth-order valence-corrected chi connectivity index (χ4v) is 3.61. The Hall–Kier alpha value is -0.870. The summed E-state index contributed by atoms with van der Waals surface area (Å²) in [6.07, 6.45) is 4.91. The molecule has 1 aliphatic heterocycles. The third-order valence-corrected chi connectivity index (χ3v) is 4.89. The molecule has 1 aromatic rings. The molecule has 2 N–H and O–H groups in total. The molecule has 102 valence electrons. The highest BCUT2D eigenvalue weighted by molar-refractivity contribution is 9.10. The first kappa shape index (κ1) is 13.1. The highest BCUT2D eigenvalue weighted by Gasteiger charge is 2.30. The topological polar surface area (TPSA) is 46.3 Å². The molecule has 1 fully saturated rings. The third kappa shape index (κ3) is 2.56. The van der Waals surface area contributed by atoms with Gasteiger partial charge in [0.05, 0.1) is 0 Å². The van der Waals surface area contributed by atoms with Crippen molar-refractivity contribution in [1.29, 1.82) is 0 Å². The first-order valence-electron chi connectivity index (χ1n) is 6.99. The van der Waals surface area contributed by atoms with Crippen molar-refractivity contribution in [2.24, 2.45) is 11.7 Å². The van der Waals surface area contributed by atoms with E-state index in [1.807, 2.05) is 11.0 Å². The van der Waals surface area contributed by atoms with Gasteiger partial charge in [0.25, 0.3) is 0 Å². The molecule has 0 bridgehead atoms. The van der Waals surface area contributed by atoms with Gasteiger partial charge in [-0.3, -0.25) is 4.79 Å². The van der Waals surface area contributed by atoms with Gasteiger partial charge < -0.3 is 10.6 Å². The number of benzene rings is 1. The molecule has 0 aromatic heterocycles. The number of nitrogens with two attached hydrogens (primary N) is 1. The van der Waals surface area contributed by atoms with Crippen LogP contribution in [0.4, 0.5) is 5.69 Å². The van der Waals surface area contributed by atoms with Crippen LogP contribution in [0.3, 0.4) is 0 Å². The van der Waals surface area contributed by atoms with Crippen LogP contribution in [0.1, 0.15) is 31.2 Å². The lowest BCUT2D eigenvalue weighted by Gasteiger charge is -2.21. The molecular formula is C15H19BrN2O. The minimum absolute atomic E-state index is 0.216. The van der Waals surface area contributed by atoms with Gasteiger partial charge in [-0.1, -0.05) is 28.4 Å². The van der Waals surface area contributed by atoms with Gasteiger partial charge in [-0.05, 0) is 42.9 Å². The van der Waals surface area contributed by atoms with Gasteiger partial charge in [-0.2, -0.15) is 0 Å². The van der Waals surface area contributed by atoms with Crippen molar-refractivity contribution < 1.29 is 4.79 Å². The van der Waals surface area contributed by atoms with Gasteiger partial charge in [0.1, 0.15) is 0 Å². The van der Waals surface area contributed by atoms with Crippen LogP contribution in [0.2, 0.25) is 0 Å². The molecule has 0 saturated heterocycles. The van der Waals surface area contributed by atoms with Gasteiger partial charge in [-0.15, -0.1) is 0 Å². The molecule has 1 heterocycles. The first-order valence-corrected chi connectivity index (χ1v) is 7.79. The van der Waals surface area contributed by atoms with Crippen molar-refractivity contribution in [3.63, 3.8) is 0 Å². The second kappa shape index (κ2) is 5.25. The maximum atomic E-state index is 12.5. The van der Waals surface area contributed by atoms with Crippen molar-refractivity contribution >= 4 is 27.5 Å². The van der Waals surface area contributed by atoms with Crippen LogP contribution < -0.4 is 10.6 Å². The van der Waals surface area contributed by atoms with E-state index in [1.54, 1.807) is 0 Å². The Labute approximate surface area is 122 Å². The van der Waals surface area contributed by atoms with Crippen molar-refractivity contribution in [2.75, 3.05) is 11.4 Å². The lowest BCUT2D eigenvalue weighted by Crippen LogP contribution is -2.34. The number of rotatable bonds is 2. The largest absolute Gasteiger partial charge is 0.327 e. The Morgan fingerprint density at radius 2 is 2.26 bits per heavy atom. The maximum absolute atomic E-state index is 12.5. The van der Waals surface area contributed by atoms with Crippen molar-refractivity contribution in [1.82, 2.24) is 0 Å². The van der Waals surface area contributed by atoms with Gasteiger partial charge >= 0.3 is 0 Å². The Morgan fingerprint density at radius 3 is 3.00 bits per heavy atom. The zero-order valence-corrected chi connectivity index (χ0v) is 12.5. The number of carbonyl (C=O) groups excluding carboxylic acids is 1. The molecule has 1 aromatic carbocycles. The molecule has 2 aliphatic rings. The van der Waals surface area contributed by atoms with Gasteiger partial charge in [0.2, 0.25) is 5.91 Å². The predicted octanol–water partition coefficient (Wildman–Crippen LogP) is 2.86. The van der Waals surface area contributed by atoms with E-state index < -0.39 is 0 Å². The number of nitrogens with zero attached hydrogens (tertiary/aromatic N) is 1. The minimum Gasteiger partial charge on any atom is -0.327 e. The summed E-state index contributed by atoms with van der Waals surface area (Å²) >= 11 is 3.48. The van der Waals surface area contributed by atoms with Crippen LogP contribution in [0, 0.1) is 5.92 Å². The third-order valence-electron chi connectivity index (χ3n) is 4.40. The lowest BCUT2D eigenvalue weighted by molar-refractivity contribution is -0.119. The zero-order valence-electron chi connectivity index (χ0n) is 10.9. The lowest BCUT2D eigenvalue weighted by atomic mass is 9.99. The monoisotopic (exact) mass is 322 g/mol. The summed E-state index contributed by atoms with van der Waals surface area (Å²) in [6, 6.07) is 6.41. The van der Waals surface area contributed by atoms with E-state index in [2.05, 4.69) is 28.1 Å². The summed E-state index contributed by atoms with van der Waals surface area (Å²) in [5.74, 6) is 0.614. The van der Waals surface area contributed by atoms with Crippen molar-refractivity contribution in [3.05, 3.63) is 28.2 Å². The van der Waals surface area contributed by atoms with Crippen molar-refractivity contribution in [2.45, 2.75) is 38.1 Å². The Bertz CT molecular complexity index is 503. The predicted molar refractivity (Wildman–Crippen MR) is 80.1 cm³/mol. The molecule has 4 heteroatoms. The Kier molecular flexibility index (Phi) is 3.63. The van der Waals surface area contributed by atoms with Gasteiger partial charge in [0, 0.05) is 29.2 Å². The van der Waals surface area contributed by atoms with Crippen molar-refractivity contribution in [3.8, 4) is 0 Å². The Morgan fingerprint density at radius 1 is 1.42 bits per heavy atom. The van der Waals surface area contributed by atoms with E-state index in [-0.39, 0.29) is 11.9 Å². The number of amides is 1. The summed E-state index contributed by atoms with van der Waals surface area (Å²) in [5.41, 5.74) is 8.41. The van der Waals surface area contributed by atoms with Crippen LogP contribution in [-0.2, 0) is 11.2 Å². The molecule has 0 unspecified atom stereocenters. The summed E-state index contributed by atoms with van der Waals surface area (Å²) in [4.78, 5) is 14.4. The standard InChI is InChI=1S/C15H19BrN2O/c16-12-5-4-10-6-7-18(14(10)9-12)15(19)8-11-2-1-3-13(11)17/h4-5,9,11,13H,1-3,6-8,17H2/t11-,13+/m0/s1. The van der Waals surface area contributed by atoms with E-state index >= 15 is 0 Å². The number of hydrogen-bond donors (Lipinski definition) is 1. The number of anilines is 1. The number of fused-ring (bicyclic) bond motifs is 1. The quantitative estimate of drug-likeness (QED) is 0.910. The molecule has 0 radical (unpaired) electrons. The molecule has 3 rings (SSSR count). The molecular weight excluding hydrogens is 304 g/mol. The zero-order chi connectivity index (χ0) is 13.4. The van der Waals surface area contributed by atoms with E-state index in [0.717, 1.165) is 36.0 Å². The normalized spacial score (nSPS) is 25.7. The molecule has 3 nitrogen and oxygen atoms in total. The second-order valence-electron chi connectivity index (χ2n) is 5.63. The van der Waals surface area contributed by atoms with Gasteiger partial charge in [0.15, 0.2) is 0 Å².